The summed E-state index contributed by atoms with van der Waals surface area (Å²) in [6.07, 6.45) is 1.79. The quantitative estimate of drug-likeness (QED) is 0.782. The second-order valence-electron chi connectivity index (χ2n) is 6.78. The zero-order chi connectivity index (χ0) is 19.4. The van der Waals surface area contributed by atoms with Gasteiger partial charge in [0, 0.05) is 37.8 Å². The normalized spacial score (nSPS) is 17.7. The second-order valence-corrected chi connectivity index (χ2v) is 7.17. The maximum absolute atomic E-state index is 13.9. The van der Waals surface area contributed by atoms with Gasteiger partial charge in [-0.2, -0.15) is 5.10 Å². The van der Waals surface area contributed by atoms with Crippen LogP contribution in [0.25, 0.3) is 0 Å². The molecule has 0 bridgehead atoms. The average Bonchev–Trinajstić information content (AvgIpc) is 2.66. The molecule has 1 fully saturated rings. The highest BCUT2D eigenvalue weighted by molar-refractivity contribution is 6.29. The molecule has 144 valence electrons. The van der Waals surface area contributed by atoms with Crippen molar-refractivity contribution < 1.29 is 9.18 Å². The monoisotopic (exact) mass is 392 g/mol. The number of carbonyl (C=O) groups is 1. The van der Waals surface area contributed by atoms with Crippen LogP contribution in [0.15, 0.2) is 41.2 Å². The van der Waals surface area contributed by atoms with Crippen molar-refractivity contribution in [3.8, 4) is 0 Å². The summed E-state index contributed by atoms with van der Waals surface area (Å²) in [7, 11) is 1.73. The van der Waals surface area contributed by atoms with Crippen LogP contribution in [0.5, 0.6) is 0 Å². The van der Waals surface area contributed by atoms with Crippen molar-refractivity contribution in [1.82, 2.24) is 19.6 Å². The lowest BCUT2D eigenvalue weighted by atomic mass is 10.0. The third-order valence-corrected chi connectivity index (χ3v) is 5.09. The topological polar surface area (TPSA) is 58.4 Å². The number of hydrogen-bond acceptors (Lipinski definition) is 4. The van der Waals surface area contributed by atoms with Crippen LogP contribution in [-0.4, -0.2) is 51.7 Å². The summed E-state index contributed by atoms with van der Waals surface area (Å²) < 4.78 is 15.0. The van der Waals surface area contributed by atoms with Crippen LogP contribution in [0, 0.1) is 5.82 Å². The minimum absolute atomic E-state index is 0.00732. The molecule has 2 heterocycles. The molecule has 0 radical (unpaired) electrons. The Morgan fingerprint density at radius 3 is 2.89 bits per heavy atom. The summed E-state index contributed by atoms with van der Waals surface area (Å²) in [5.41, 5.74) is 0.285. The van der Waals surface area contributed by atoms with E-state index in [1.54, 1.807) is 24.1 Å². The molecule has 1 aliphatic rings. The third kappa shape index (κ3) is 4.93. The number of halogens is 2. The highest BCUT2D eigenvalue weighted by Gasteiger charge is 2.26. The Labute approximate surface area is 162 Å². The molecule has 1 saturated heterocycles. The zero-order valence-electron chi connectivity index (χ0n) is 15.1. The zero-order valence-corrected chi connectivity index (χ0v) is 15.9. The number of hydrogen-bond donors (Lipinski definition) is 0. The maximum Gasteiger partial charge on any atom is 0.267 e. The Kier molecular flexibility index (Phi) is 6.23. The molecule has 1 atom stereocenters. The fourth-order valence-electron chi connectivity index (χ4n) is 3.34. The van der Waals surface area contributed by atoms with Gasteiger partial charge < -0.3 is 4.90 Å². The number of nitrogens with zero attached hydrogens (tertiary/aromatic N) is 4. The fraction of sp³-hybridized carbons (Fsp3) is 0.421. The van der Waals surface area contributed by atoms with E-state index in [1.165, 1.54) is 18.2 Å². The summed E-state index contributed by atoms with van der Waals surface area (Å²) >= 11 is 5.80. The number of likely N-dealkylation sites (tertiary alicyclic amines) is 1. The number of carbonyl (C=O) groups excluding carboxylic acids is 1. The van der Waals surface area contributed by atoms with Crippen molar-refractivity contribution in [2.24, 2.45) is 0 Å². The van der Waals surface area contributed by atoms with Crippen molar-refractivity contribution in [1.29, 1.82) is 0 Å². The van der Waals surface area contributed by atoms with Crippen molar-refractivity contribution in [3.05, 3.63) is 63.3 Å². The summed E-state index contributed by atoms with van der Waals surface area (Å²) in [6.45, 7) is 1.89. The van der Waals surface area contributed by atoms with E-state index in [0.29, 0.717) is 18.7 Å². The first-order chi connectivity index (χ1) is 12.9. The van der Waals surface area contributed by atoms with Crippen molar-refractivity contribution in [3.63, 3.8) is 0 Å². The average molecular weight is 393 g/mol. The van der Waals surface area contributed by atoms with Gasteiger partial charge in [0.2, 0.25) is 5.91 Å². The Morgan fingerprint density at radius 1 is 1.33 bits per heavy atom. The van der Waals surface area contributed by atoms with Crippen LogP contribution < -0.4 is 5.56 Å². The van der Waals surface area contributed by atoms with Gasteiger partial charge in [-0.15, -0.1) is 0 Å². The molecule has 1 aromatic heterocycles. The molecule has 0 aliphatic carbocycles. The summed E-state index contributed by atoms with van der Waals surface area (Å²) in [4.78, 5) is 28.2. The highest BCUT2D eigenvalue weighted by atomic mass is 35.5. The second kappa shape index (κ2) is 8.63. The van der Waals surface area contributed by atoms with Crippen LogP contribution >= 0.6 is 11.6 Å². The van der Waals surface area contributed by atoms with E-state index >= 15 is 0 Å². The number of likely N-dealkylation sites (N-methyl/N-ethyl adjacent to an activating group) is 1. The van der Waals surface area contributed by atoms with Gasteiger partial charge in [-0.1, -0.05) is 29.8 Å². The molecule has 0 unspecified atom stereocenters. The molecule has 1 aliphatic heterocycles. The van der Waals surface area contributed by atoms with Crippen LogP contribution in [0.3, 0.4) is 0 Å². The Bertz CT molecular complexity index is 873. The fourth-order valence-corrected chi connectivity index (χ4v) is 3.49. The van der Waals surface area contributed by atoms with Crippen molar-refractivity contribution in [2.75, 3.05) is 20.1 Å². The number of rotatable bonds is 5. The van der Waals surface area contributed by atoms with Gasteiger partial charge in [-0.25, -0.2) is 9.07 Å². The van der Waals surface area contributed by atoms with Crippen LogP contribution in [0.1, 0.15) is 18.4 Å². The first-order valence-corrected chi connectivity index (χ1v) is 9.27. The van der Waals surface area contributed by atoms with E-state index in [0.717, 1.165) is 24.1 Å². The van der Waals surface area contributed by atoms with Crippen LogP contribution in [-0.2, 0) is 17.9 Å². The van der Waals surface area contributed by atoms with Gasteiger partial charge in [0.15, 0.2) is 0 Å². The number of benzene rings is 1. The van der Waals surface area contributed by atoms with Gasteiger partial charge >= 0.3 is 0 Å². The van der Waals surface area contributed by atoms with Gasteiger partial charge in [0.05, 0.1) is 0 Å². The first kappa shape index (κ1) is 19.5. The lowest BCUT2D eigenvalue weighted by Crippen LogP contribution is -2.49. The molecule has 6 nitrogen and oxygen atoms in total. The van der Waals surface area contributed by atoms with Gasteiger partial charge in [0.1, 0.15) is 17.5 Å². The SMILES string of the molecule is CN(C(=O)Cn1nc(Cl)ccc1=O)[C@@H]1CCCN(Cc2ccccc2F)C1. The van der Waals surface area contributed by atoms with E-state index in [4.69, 9.17) is 11.6 Å². The summed E-state index contributed by atoms with van der Waals surface area (Å²) in [6, 6.07) is 9.44. The molecule has 1 aromatic carbocycles. The standard InChI is InChI=1S/C19H22ClFN4O2/c1-23(19(27)13-25-18(26)9-8-17(20)22-25)15-6-4-10-24(12-15)11-14-5-2-3-7-16(14)21/h2-3,5,7-9,15H,4,6,10-13H2,1H3/t15-/m1/s1. The maximum atomic E-state index is 13.9. The number of amides is 1. The first-order valence-electron chi connectivity index (χ1n) is 8.89. The van der Waals surface area contributed by atoms with Gasteiger partial charge in [0.25, 0.3) is 5.56 Å². The molecule has 27 heavy (non-hydrogen) atoms. The van der Waals surface area contributed by atoms with Crippen molar-refractivity contribution >= 4 is 17.5 Å². The van der Waals surface area contributed by atoms with E-state index in [-0.39, 0.29) is 35.0 Å². The number of piperidine rings is 1. The smallest absolute Gasteiger partial charge is 0.267 e. The molecule has 0 N–H and O–H groups in total. The van der Waals surface area contributed by atoms with Gasteiger partial charge in [-0.05, 0) is 31.5 Å². The third-order valence-electron chi connectivity index (χ3n) is 4.89. The van der Waals surface area contributed by atoms with E-state index in [2.05, 4.69) is 10.00 Å². The van der Waals surface area contributed by atoms with E-state index in [1.807, 2.05) is 6.07 Å². The predicted octanol–water partition coefficient (Wildman–Crippen LogP) is 2.16. The van der Waals surface area contributed by atoms with Crippen molar-refractivity contribution in [2.45, 2.75) is 32.0 Å². The Hall–Kier alpha value is -2.25. The minimum atomic E-state index is -0.369. The highest BCUT2D eigenvalue weighted by Crippen LogP contribution is 2.18. The molecule has 0 saturated carbocycles. The molecule has 3 rings (SSSR count). The van der Waals surface area contributed by atoms with Gasteiger partial charge in [-0.3, -0.25) is 14.5 Å². The molecule has 0 spiro atoms. The van der Waals surface area contributed by atoms with Crippen LogP contribution in [0.2, 0.25) is 5.15 Å². The predicted molar refractivity (Wildman–Crippen MR) is 101 cm³/mol. The molecular weight excluding hydrogens is 371 g/mol. The largest absolute Gasteiger partial charge is 0.340 e. The molecular formula is C19H22ClFN4O2. The van der Waals surface area contributed by atoms with Crippen LogP contribution in [0.4, 0.5) is 4.39 Å². The Morgan fingerprint density at radius 2 is 2.11 bits per heavy atom. The summed E-state index contributed by atoms with van der Waals surface area (Å²) in [5.74, 6) is -0.417. The summed E-state index contributed by atoms with van der Waals surface area (Å²) in [5, 5.41) is 4.06. The molecule has 8 heteroatoms. The Balaban J connectivity index is 1.63. The molecule has 1 amide bonds. The lowest BCUT2D eigenvalue weighted by Gasteiger charge is -2.37. The van der Waals surface area contributed by atoms with E-state index in [9.17, 15) is 14.0 Å². The minimum Gasteiger partial charge on any atom is -0.340 e. The molecule has 2 aromatic rings. The lowest BCUT2D eigenvalue weighted by molar-refractivity contribution is -0.134. The number of aromatic nitrogens is 2. The van der Waals surface area contributed by atoms with E-state index < -0.39 is 0 Å².